The summed E-state index contributed by atoms with van der Waals surface area (Å²) in [5.41, 5.74) is 4.42. The average molecular weight is 511 g/mol. The average Bonchev–Trinajstić information content (AvgIpc) is 3.62. The third-order valence-corrected chi connectivity index (χ3v) is 7.52. The van der Waals surface area contributed by atoms with E-state index < -0.39 is 5.82 Å². The summed E-state index contributed by atoms with van der Waals surface area (Å²) in [6.45, 7) is 6.89. The molecule has 3 aromatic rings. The molecule has 5 heterocycles. The number of pyridine rings is 1. The van der Waals surface area contributed by atoms with Crippen molar-refractivity contribution in [3.63, 3.8) is 0 Å². The third kappa shape index (κ3) is 4.99. The first-order chi connectivity index (χ1) is 18.0. The third-order valence-electron chi connectivity index (χ3n) is 7.52. The number of nitrogens with zero attached hydrogens (tertiary/aromatic N) is 6. The molecule has 0 aromatic carbocycles. The number of carbonyl (C=O) groups is 1. The molecule has 0 bridgehead atoms. The minimum absolute atomic E-state index is 0.0417. The van der Waals surface area contributed by atoms with E-state index in [0.29, 0.717) is 37.7 Å². The van der Waals surface area contributed by atoms with Gasteiger partial charge < -0.3 is 14.4 Å². The lowest BCUT2D eigenvalue weighted by atomic mass is 9.95. The van der Waals surface area contributed by atoms with Gasteiger partial charge in [-0.15, -0.1) is 0 Å². The van der Waals surface area contributed by atoms with E-state index >= 15 is 0 Å². The van der Waals surface area contributed by atoms with Crippen LogP contribution in [0.4, 0.5) is 4.39 Å². The number of ether oxygens (including phenoxy) is 2. The molecular formula is C27H35FN6O3. The minimum Gasteiger partial charge on any atom is -0.479 e. The molecule has 3 aromatic heterocycles. The number of amides is 1. The lowest BCUT2D eigenvalue weighted by Gasteiger charge is -2.24. The summed E-state index contributed by atoms with van der Waals surface area (Å²) in [6.07, 6.45) is 10.5. The Bertz CT molecular complexity index is 1250. The zero-order chi connectivity index (χ0) is 25.9. The van der Waals surface area contributed by atoms with Crippen LogP contribution < -0.4 is 4.74 Å². The largest absolute Gasteiger partial charge is 0.479 e. The number of likely N-dealkylation sites (tertiary alicyclic amines) is 1. The van der Waals surface area contributed by atoms with Crippen LogP contribution in [0, 0.1) is 11.7 Å². The standard InChI is InChI=1S/C27H35FN6O3/c1-4-6-23(18-7-10-32(16-18)25(35)5-2)33-17-19(14-30-33)26-21-8-11-37-12-9-24(21)34(31-26)20-13-22(28)27(36-3)29-15-20/h13-15,17-18,23H,4-12,16H2,1-3H3/t18-,23?/m0/s1. The van der Waals surface area contributed by atoms with Crippen molar-refractivity contribution in [3.05, 3.63) is 41.7 Å². The first-order valence-corrected chi connectivity index (χ1v) is 13.2. The highest BCUT2D eigenvalue weighted by molar-refractivity contribution is 5.76. The van der Waals surface area contributed by atoms with Gasteiger partial charge in [0.05, 0.1) is 55.8 Å². The predicted octanol–water partition coefficient (Wildman–Crippen LogP) is 3.99. The fourth-order valence-electron chi connectivity index (χ4n) is 5.65. The smallest absolute Gasteiger partial charge is 0.250 e. The first kappa shape index (κ1) is 25.4. The van der Waals surface area contributed by atoms with Gasteiger partial charge in [-0.25, -0.2) is 14.1 Å². The Hall–Kier alpha value is -3.27. The van der Waals surface area contributed by atoms with Crippen LogP contribution in [0.5, 0.6) is 5.88 Å². The zero-order valence-electron chi connectivity index (χ0n) is 21.8. The van der Waals surface area contributed by atoms with Crippen LogP contribution in [0.2, 0.25) is 0 Å². The molecule has 1 fully saturated rings. The monoisotopic (exact) mass is 510 g/mol. The molecule has 0 N–H and O–H groups in total. The van der Waals surface area contributed by atoms with Crippen molar-refractivity contribution >= 4 is 5.91 Å². The molecule has 2 aliphatic heterocycles. The molecule has 0 spiro atoms. The molecule has 1 saturated heterocycles. The fraction of sp³-hybridized carbons (Fsp3) is 0.556. The van der Waals surface area contributed by atoms with E-state index in [1.807, 2.05) is 18.0 Å². The number of carbonyl (C=O) groups excluding carboxylic acids is 1. The second kappa shape index (κ2) is 11.0. The van der Waals surface area contributed by atoms with Gasteiger partial charge >= 0.3 is 0 Å². The van der Waals surface area contributed by atoms with Crippen molar-refractivity contribution in [2.45, 2.75) is 58.4 Å². The quantitative estimate of drug-likeness (QED) is 0.455. The summed E-state index contributed by atoms with van der Waals surface area (Å²) in [7, 11) is 1.40. The predicted molar refractivity (Wildman–Crippen MR) is 136 cm³/mol. The number of fused-ring (bicyclic) bond motifs is 1. The highest BCUT2D eigenvalue weighted by atomic mass is 19.1. The second-order valence-electron chi connectivity index (χ2n) is 9.79. The van der Waals surface area contributed by atoms with Gasteiger partial charge in [0, 0.05) is 55.2 Å². The molecular weight excluding hydrogens is 475 g/mol. The number of hydrogen-bond acceptors (Lipinski definition) is 6. The van der Waals surface area contributed by atoms with Crippen molar-refractivity contribution in [1.82, 2.24) is 29.4 Å². The number of methoxy groups -OCH3 is 1. The maximum absolute atomic E-state index is 14.5. The summed E-state index contributed by atoms with van der Waals surface area (Å²) >= 11 is 0. The molecule has 9 nitrogen and oxygen atoms in total. The van der Waals surface area contributed by atoms with E-state index in [4.69, 9.17) is 19.7 Å². The molecule has 198 valence electrons. The lowest BCUT2D eigenvalue weighted by molar-refractivity contribution is -0.130. The van der Waals surface area contributed by atoms with Gasteiger partial charge in [0.2, 0.25) is 11.8 Å². The van der Waals surface area contributed by atoms with E-state index in [2.05, 4.69) is 22.8 Å². The lowest BCUT2D eigenvalue weighted by Crippen LogP contribution is -2.29. The van der Waals surface area contributed by atoms with Crippen molar-refractivity contribution in [1.29, 1.82) is 0 Å². The maximum Gasteiger partial charge on any atom is 0.250 e. The van der Waals surface area contributed by atoms with E-state index in [1.165, 1.54) is 13.2 Å². The number of rotatable bonds is 8. The molecule has 1 amide bonds. The molecule has 0 radical (unpaired) electrons. The molecule has 1 unspecified atom stereocenters. The van der Waals surface area contributed by atoms with Gasteiger partial charge in [-0.2, -0.15) is 10.2 Å². The van der Waals surface area contributed by atoms with Gasteiger partial charge in [-0.1, -0.05) is 20.3 Å². The normalized spacial score (nSPS) is 18.5. The SMILES string of the molecule is CCCC([C@H]1CCN(C(=O)CC)C1)n1cc(-c2nn(-c3cnc(OC)c(F)c3)c3c2CCOCC3)cn1. The Kier molecular flexibility index (Phi) is 7.55. The second-order valence-corrected chi connectivity index (χ2v) is 9.79. The van der Waals surface area contributed by atoms with E-state index in [-0.39, 0.29) is 17.8 Å². The van der Waals surface area contributed by atoms with Crippen LogP contribution in [0.25, 0.3) is 16.9 Å². The summed E-state index contributed by atoms with van der Waals surface area (Å²) in [4.78, 5) is 18.4. The molecule has 0 aliphatic carbocycles. The molecule has 10 heteroatoms. The Morgan fingerprint density at radius 1 is 1.27 bits per heavy atom. The fourth-order valence-corrected chi connectivity index (χ4v) is 5.65. The van der Waals surface area contributed by atoms with Gasteiger partial charge in [0.25, 0.3) is 0 Å². The molecule has 2 aliphatic rings. The summed E-state index contributed by atoms with van der Waals surface area (Å²) in [6, 6.07) is 1.62. The number of aromatic nitrogens is 5. The van der Waals surface area contributed by atoms with E-state index in [9.17, 15) is 9.18 Å². The number of hydrogen-bond donors (Lipinski definition) is 0. The Morgan fingerprint density at radius 3 is 2.86 bits per heavy atom. The van der Waals surface area contributed by atoms with Gasteiger partial charge in [-0.05, 0) is 19.3 Å². The topological polar surface area (TPSA) is 87.3 Å². The highest BCUT2D eigenvalue weighted by Crippen LogP contribution is 2.35. The van der Waals surface area contributed by atoms with Gasteiger partial charge in [0.1, 0.15) is 0 Å². The van der Waals surface area contributed by atoms with Crippen LogP contribution in [0.15, 0.2) is 24.7 Å². The zero-order valence-corrected chi connectivity index (χ0v) is 21.8. The van der Waals surface area contributed by atoms with Crippen molar-refractivity contribution in [3.8, 4) is 22.8 Å². The maximum atomic E-state index is 14.5. The Labute approximate surface area is 216 Å². The van der Waals surface area contributed by atoms with Crippen LogP contribution in [-0.4, -0.2) is 68.8 Å². The van der Waals surface area contributed by atoms with Crippen LogP contribution in [0.3, 0.4) is 0 Å². The van der Waals surface area contributed by atoms with Crippen LogP contribution >= 0.6 is 0 Å². The summed E-state index contributed by atoms with van der Waals surface area (Å²) in [5.74, 6) is 0.0244. The summed E-state index contributed by atoms with van der Waals surface area (Å²) < 4.78 is 29.1. The van der Waals surface area contributed by atoms with Crippen molar-refractivity contribution in [2.75, 3.05) is 33.4 Å². The molecule has 37 heavy (non-hydrogen) atoms. The van der Waals surface area contributed by atoms with Crippen molar-refractivity contribution < 1.29 is 18.7 Å². The van der Waals surface area contributed by atoms with Crippen LogP contribution in [-0.2, 0) is 22.4 Å². The number of halogens is 1. The minimum atomic E-state index is -0.530. The summed E-state index contributed by atoms with van der Waals surface area (Å²) in [5, 5.41) is 9.72. The van der Waals surface area contributed by atoms with Crippen LogP contribution in [0.1, 0.15) is 56.8 Å². The van der Waals surface area contributed by atoms with Gasteiger partial charge in [-0.3, -0.25) is 9.48 Å². The Balaban J connectivity index is 1.49. The van der Waals surface area contributed by atoms with E-state index in [0.717, 1.165) is 61.3 Å². The molecule has 5 rings (SSSR count). The molecule has 2 atom stereocenters. The van der Waals surface area contributed by atoms with Crippen molar-refractivity contribution in [2.24, 2.45) is 5.92 Å². The molecule has 0 saturated carbocycles. The highest BCUT2D eigenvalue weighted by Gasteiger charge is 2.33. The first-order valence-electron chi connectivity index (χ1n) is 13.2. The van der Waals surface area contributed by atoms with Gasteiger partial charge in [0.15, 0.2) is 5.82 Å². The Morgan fingerprint density at radius 2 is 2.11 bits per heavy atom. The van der Waals surface area contributed by atoms with E-state index in [1.54, 1.807) is 10.9 Å².